The normalized spacial score (nSPS) is 11.5. The maximum atomic E-state index is 12.5. The average molecular weight is 274 g/mol. The van der Waals surface area contributed by atoms with Crippen LogP contribution in [0.1, 0.15) is 41.3 Å². The Morgan fingerprint density at radius 1 is 1.21 bits per heavy atom. The van der Waals surface area contributed by atoms with Crippen LogP contribution in [0.15, 0.2) is 12.1 Å². The number of unbranched alkanes of at least 4 members (excludes halogenated alkanes) is 1. The quantitative estimate of drug-likeness (QED) is 0.593. The van der Waals surface area contributed by atoms with Crippen molar-refractivity contribution in [1.82, 2.24) is 0 Å². The molecule has 0 aromatic heterocycles. The van der Waals surface area contributed by atoms with Gasteiger partial charge in [-0.3, -0.25) is 4.79 Å². The predicted octanol–water partition coefficient (Wildman–Crippen LogP) is 4.23. The van der Waals surface area contributed by atoms with Gasteiger partial charge < -0.3 is 4.74 Å². The van der Waals surface area contributed by atoms with E-state index in [4.69, 9.17) is 4.74 Å². The van der Waals surface area contributed by atoms with E-state index in [1.165, 1.54) is 26.0 Å². The molecule has 0 N–H and O–H groups in total. The van der Waals surface area contributed by atoms with Crippen LogP contribution in [0, 0.1) is 13.8 Å². The van der Waals surface area contributed by atoms with Crippen LogP contribution in [0.25, 0.3) is 0 Å². The molecule has 106 valence electrons. The van der Waals surface area contributed by atoms with Gasteiger partial charge in [-0.15, -0.1) is 0 Å². The second-order valence-corrected chi connectivity index (χ2v) is 4.46. The van der Waals surface area contributed by atoms with Gasteiger partial charge in [-0.05, 0) is 43.5 Å². The van der Waals surface area contributed by atoms with Crippen LogP contribution < -0.4 is 4.74 Å². The predicted molar refractivity (Wildman–Crippen MR) is 66.7 cm³/mol. The van der Waals surface area contributed by atoms with E-state index in [1.54, 1.807) is 0 Å². The number of hydrogen-bond donors (Lipinski definition) is 0. The number of carbonyl (C=O) groups is 1. The minimum Gasteiger partial charge on any atom is -0.494 e. The zero-order valence-corrected chi connectivity index (χ0v) is 11.2. The Morgan fingerprint density at radius 2 is 1.74 bits per heavy atom. The molecule has 0 radical (unpaired) electrons. The molecule has 1 rings (SSSR count). The van der Waals surface area contributed by atoms with Gasteiger partial charge >= 0.3 is 6.18 Å². The summed E-state index contributed by atoms with van der Waals surface area (Å²) in [4.78, 5) is 11.3. The van der Waals surface area contributed by atoms with Gasteiger partial charge in [0.25, 0.3) is 5.78 Å². The van der Waals surface area contributed by atoms with Gasteiger partial charge in [0.2, 0.25) is 0 Å². The zero-order chi connectivity index (χ0) is 14.6. The van der Waals surface area contributed by atoms with E-state index in [0.29, 0.717) is 12.4 Å². The van der Waals surface area contributed by atoms with Crippen molar-refractivity contribution >= 4 is 5.78 Å². The molecule has 19 heavy (non-hydrogen) atoms. The molecule has 0 heterocycles. The number of halogens is 3. The van der Waals surface area contributed by atoms with Crippen molar-refractivity contribution in [2.24, 2.45) is 0 Å². The third-order valence-electron chi connectivity index (χ3n) is 2.76. The topological polar surface area (TPSA) is 26.3 Å². The Bertz CT molecular complexity index is 441. The fourth-order valence-electron chi connectivity index (χ4n) is 1.84. The summed E-state index contributed by atoms with van der Waals surface area (Å²) in [6.45, 7) is 5.50. The fraction of sp³-hybridized carbons (Fsp3) is 0.500. The zero-order valence-electron chi connectivity index (χ0n) is 11.2. The van der Waals surface area contributed by atoms with Gasteiger partial charge in [0.15, 0.2) is 0 Å². The Hall–Kier alpha value is -1.52. The summed E-state index contributed by atoms with van der Waals surface area (Å²) < 4.78 is 42.8. The second-order valence-electron chi connectivity index (χ2n) is 4.46. The van der Waals surface area contributed by atoms with E-state index in [-0.39, 0.29) is 16.7 Å². The van der Waals surface area contributed by atoms with Crippen molar-refractivity contribution in [3.63, 3.8) is 0 Å². The second kappa shape index (κ2) is 6.08. The van der Waals surface area contributed by atoms with Gasteiger partial charge in [0, 0.05) is 5.56 Å². The molecule has 0 aliphatic heterocycles. The van der Waals surface area contributed by atoms with Gasteiger partial charge in [-0.1, -0.05) is 13.3 Å². The lowest BCUT2D eigenvalue weighted by Gasteiger charge is -2.14. The Labute approximate surface area is 110 Å². The SMILES string of the molecule is CCCCOc1cc(C)c(C(=O)C(F)(F)F)c(C)c1. The summed E-state index contributed by atoms with van der Waals surface area (Å²) in [6.07, 6.45) is -3.00. The van der Waals surface area contributed by atoms with Gasteiger partial charge in [0.05, 0.1) is 6.61 Å². The van der Waals surface area contributed by atoms with E-state index in [9.17, 15) is 18.0 Å². The molecule has 0 saturated carbocycles. The van der Waals surface area contributed by atoms with Crippen LogP contribution in [0.2, 0.25) is 0 Å². The highest BCUT2D eigenvalue weighted by molar-refractivity contribution is 6.02. The van der Waals surface area contributed by atoms with Crippen molar-refractivity contribution in [2.75, 3.05) is 6.61 Å². The molecule has 1 aromatic rings. The van der Waals surface area contributed by atoms with Crippen LogP contribution in [-0.4, -0.2) is 18.6 Å². The standard InChI is InChI=1S/C14H17F3O2/c1-4-5-6-19-11-7-9(2)12(10(3)8-11)13(18)14(15,16)17/h7-8H,4-6H2,1-3H3. The summed E-state index contributed by atoms with van der Waals surface area (Å²) in [5, 5.41) is 0. The summed E-state index contributed by atoms with van der Waals surface area (Å²) in [7, 11) is 0. The molecule has 1 aromatic carbocycles. The van der Waals surface area contributed by atoms with E-state index >= 15 is 0 Å². The first-order valence-corrected chi connectivity index (χ1v) is 6.13. The summed E-state index contributed by atoms with van der Waals surface area (Å²) in [6, 6.07) is 2.95. The molecule has 0 atom stereocenters. The lowest BCUT2D eigenvalue weighted by atomic mass is 9.98. The first-order chi connectivity index (χ1) is 8.77. The van der Waals surface area contributed by atoms with Crippen LogP contribution >= 0.6 is 0 Å². The van der Waals surface area contributed by atoms with E-state index < -0.39 is 12.0 Å². The molecule has 0 amide bonds. The van der Waals surface area contributed by atoms with Crippen molar-refractivity contribution in [1.29, 1.82) is 0 Å². The summed E-state index contributed by atoms with van der Waals surface area (Å²) >= 11 is 0. The van der Waals surface area contributed by atoms with Crippen molar-refractivity contribution in [3.8, 4) is 5.75 Å². The highest BCUT2D eigenvalue weighted by Gasteiger charge is 2.40. The Balaban J connectivity index is 3.01. The lowest BCUT2D eigenvalue weighted by Crippen LogP contribution is -2.24. The van der Waals surface area contributed by atoms with E-state index in [1.807, 2.05) is 6.92 Å². The molecule has 0 aliphatic carbocycles. The fourth-order valence-corrected chi connectivity index (χ4v) is 1.84. The van der Waals surface area contributed by atoms with Crippen LogP contribution in [0.4, 0.5) is 13.2 Å². The highest BCUT2D eigenvalue weighted by atomic mass is 19.4. The average Bonchev–Trinajstić information content (AvgIpc) is 2.27. The van der Waals surface area contributed by atoms with Gasteiger partial charge in [0.1, 0.15) is 5.75 Å². The first kappa shape index (κ1) is 15.5. The van der Waals surface area contributed by atoms with Crippen molar-refractivity contribution in [2.45, 2.75) is 39.8 Å². The molecule has 0 fully saturated rings. The number of aryl methyl sites for hydroxylation is 2. The smallest absolute Gasteiger partial charge is 0.454 e. The highest BCUT2D eigenvalue weighted by Crippen LogP contribution is 2.28. The minimum atomic E-state index is -4.85. The van der Waals surface area contributed by atoms with E-state index in [0.717, 1.165) is 12.8 Å². The first-order valence-electron chi connectivity index (χ1n) is 6.13. The molecular weight excluding hydrogens is 257 g/mol. The third kappa shape index (κ3) is 3.98. The maximum absolute atomic E-state index is 12.5. The molecule has 0 spiro atoms. The van der Waals surface area contributed by atoms with Crippen molar-refractivity contribution in [3.05, 3.63) is 28.8 Å². The number of ether oxygens (including phenoxy) is 1. The van der Waals surface area contributed by atoms with Crippen molar-refractivity contribution < 1.29 is 22.7 Å². The Morgan fingerprint density at radius 3 is 2.16 bits per heavy atom. The van der Waals surface area contributed by atoms with Gasteiger partial charge in [-0.2, -0.15) is 13.2 Å². The Kier molecular flexibility index (Phi) is 4.97. The van der Waals surface area contributed by atoms with Crippen LogP contribution in [-0.2, 0) is 0 Å². The molecule has 0 saturated heterocycles. The summed E-state index contributed by atoms with van der Waals surface area (Å²) in [5.41, 5.74) is 0.290. The lowest BCUT2D eigenvalue weighted by molar-refractivity contribution is -0.0886. The minimum absolute atomic E-state index is 0.282. The number of alkyl halides is 3. The molecular formula is C14H17F3O2. The molecule has 2 nitrogen and oxygen atoms in total. The number of carbonyl (C=O) groups excluding carboxylic acids is 1. The number of Topliss-reactive ketones (excluding diaryl/α,β-unsaturated/α-hetero) is 1. The number of benzene rings is 1. The summed E-state index contributed by atoms with van der Waals surface area (Å²) in [5.74, 6) is -1.30. The number of hydrogen-bond acceptors (Lipinski definition) is 2. The monoisotopic (exact) mass is 274 g/mol. The molecule has 5 heteroatoms. The van der Waals surface area contributed by atoms with Crippen LogP contribution in [0.3, 0.4) is 0 Å². The molecule has 0 aliphatic rings. The maximum Gasteiger partial charge on any atom is 0.454 e. The molecule has 0 unspecified atom stereocenters. The third-order valence-corrected chi connectivity index (χ3v) is 2.76. The number of ketones is 1. The van der Waals surface area contributed by atoms with Crippen LogP contribution in [0.5, 0.6) is 5.75 Å². The largest absolute Gasteiger partial charge is 0.494 e. The van der Waals surface area contributed by atoms with E-state index in [2.05, 4.69) is 0 Å². The van der Waals surface area contributed by atoms with Gasteiger partial charge in [-0.25, -0.2) is 0 Å². The number of rotatable bonds is 5. The molecule has 0 bridgehead atoms.